The molecule has 0 amide bonds. The SMILES string of the molecule is Fc1ccc(O[C@H](CCCl)c2ccccc2)c(F)c1. The second kappa shape index (κ2) is 6.53. The van der Waals surface area contributed by atoms with Gasteiger partial charge in [-0.25, -0.2) is 8.78 Å². The first kappa shape index (κ1) is 13.8. The zero-order valence-electron chi connectivity index (χ0n) is 10.2. The summed E-state index contributed by atoms with van der Waals surface area (Å²) < 4.78 is 32.0. The van der Waals surface area contributed by atoms with E-state index in [1.54, 1.807) is 0 Å². The molecular weight excluding hydrogens is 270 g/mol. The molecule has 4 heteroatoms. The Labute approximate surface area is 115 Å². The van der Waals surface area contributed by atoms with Crippen LogP contribution in [-0.2, 0) is 0 Å². The van der Waals surface area contributed by atoms with Crippen LogP contribution in [0.1, 0.15) is 18.1 Å². The second-order valence-corrected chi connectivity index (χ2v) is 4.45. The van der Waals surface area contributed by atoms with Crippen LogP contribution in [0.5, 0.6) is 5.75 Å². The van der Waals surface area contributed by atoms with Crippen molar-refractivity contribution in [1.82, 2.24) is 0 Å². The average molecular weight is 283 g/mol. The van der Waals surface area contributed by atoms with E-state index in [-0.39, 0.29) is 11.9 Å². The molecule has 0 bridgehead atoms. The van der Waals surface area contributed by atoms with Crippen LogP contribution in [0.25, 0.3) is 0 Å². The fraction of sp³-hybridized carbons (Fsp3) is 0.200. The van der Waals surface area contributed by atoms with Gasteiger partial charge >= 0.3 is 0 Å². The summed E-state index contributed by atoms with van der Waals surface area (Å²) in [6.45, 7) is 0. The van der Waals surface area contributed by atoms with Crippen LogP contribution in [0.2, 0.25) is 0 Å². The first-order valence-electron chi connectivity index (χ1n) is 5.93. The Morgan fingerprint density at radius 1 is 1.05 bits per heavy atom. The van der Waals surface area contributed by atoms with Gasteiger partial charge in [0.2, 0.25) is 0 Å². The van der Waals surface area contributed by atoms with E-state index in [2.05, 4.69) is 0 Å². The van der Waals surface area contributed by atoms with Crippen molar-refractivity contribution in [1.29, 1.82) is 0 Å². The van der Waals surface area contributed by atoms with Gasteiger partial charge in [0.25, 0.3) is 0 Å². The van der Waals surface area contributed by atoms with Gasteiger partial charge in [0.05, 0.1) is 0 Å². The molecule has 0 fully saturated rings. The summed E-state index contributed by atoms with van der Waals surface area (Å²) in [6.07, 6.45) is 0.196. The summed E-state index contributed by atoms with van der Waals surface area (Å²) >= 11 is 5.74. The Morgan fingerprint density at radius 3 is 2.42 bits per heavy atom. The molecule has 0 saturated carbocycles. The number of hydrogen-bond acceptors (Lipinski definition) is 1. The molecule has 0 N–H and O–H groups in total. The predicted octanol–water partition coefficient (Wildman–Crippen LogP) is 4.71. The smallest absolute Gasteiger partial charge is 0.168 e. The monoisotopic (exact) mass is 282 g/mol. The highest BCUT2D eigenvalue weighted by molar-refractivity contribution is 6.17. The molecule has 0 radical (unpaired) electrons. The van der Waals surface area contributed by atoms with Gasteiger partial charge in [-0.15, -0.1) is 11.6 Å². The zero-order valence-corrected chi connectivity index (χ0v) is 10.9. The molecule has 0 aliphatic heterocycles. The Kier molecular flexibility index (Phi) is 4.74. The van der Waals surface area contributed by atoms with E-state index in [0.717, 1.165) is 11.6 Å². The quantitative estimate of drug-likeness (QED) is 0.722. The lowest BCUT2D eigenvalue weighted by atomic mass is 10.1. The Morgan fingerprint density at radius 2 is 1.79 bits per heavy atom. The average Bonchev–Trinajstić information content (AvgIpc) is 2.42. The standard InChI is InChI=1S/C15H13ClF2O/c16-9-8-14(11-4-2-1-3-5-11)19-15-7-6-12(17)10-13(15)18/h1-7,10,14H,8-9H2/t14-/m1/s1. The normalized spacial score (nSPS) is 12.2. The summed E-state index contributed by atoms with van der Waals surface area (Å²) in [5.74, 6) is -0.920. The maximum absolute atomic E-state index is 13.6. The number of ether oxygens (including phenoxy) is 1. The lowest BCUT2D eigenvalue weighted by Crippen LogP contribution is -2.09. The first-order chi connectivity index (χ1) is 9.20. The summed E-state index contributed by atoms with van der Waals surface area (Å²) in [5, 5.41) is 0. The van der Waals surface area contributed by atoms with Crippen LogP contribution in [-0.4, -0.2) is 5.88 Å². The zero-order chi connectivity index (χ0) is 13.7. The minimum Gasteiger partial charge on any atom is -0.483 e. The Bertz CT molecular complexity index is 531. The molecule has 0 spiro atoms. The van der Waals surface area contributed by atoms with Crippen molar-refractivity contribution in [2.24, 2.45) is 0 Å². The largest absolute Gasteiger partial charge is 0.483 e. The molecule has 2 rings (SSSR count). The van der Waals surface area contributed by atoms with E-state index in [4.69, 9.17) is 16.3 Å². The van der Waals surface area contributed by atoms with Gasteiger partial charge in [0, 0.05) is 18.4 Å². The lowest BCUT2D eigenvalue weighted by molar-refractivity contribution is 0.193. The molecule has 2 aromatic carbocycles. The molecule has 100 valence electrons. The molecule has 0 heterocycles. The third-order valence-corrected chi connectivity index (χ3v) is 2.92. The minimum atomic E-state index is -0.712. The van der Waals surface area contributed by atoms with Crippen molar-refractivity contribution >= 4 is 11.6 Å². The third kappa shape index (κ3) is 3.67. The second-order valence-electron chi connectivity index (χ2n) is 4.07. The van der Waals surface area contributed by atoms with Crippen LogP contribution in [0, 0.1) is 11.6 Å². The van der Waals surface area contributed by atoms with Crippen molar-refractivity contribution in [3.8, 4) is 5.75 Å². The molecule has 1 nitrogen and oxygen atoms in total. The summed E-state index contributed by atoms with van der Waals surface area (Å²) in [6, 6.07) is 12.7. The van der Waals surface area contributed by atoms with E-state index >= 15 is 0 Å². The van der Waals surface area contributed by atoms with Gasteiger partial charge in [-0.05, 0) is 17.7 Å². The summed E-state index contributed by atoms with van der Waals surface area (Å²) in [4.78, 5) is 0. The molecule has 0 saturated heterocycles. The van der Waals surface area contributed by atoms with Gasteiger partial charge < -0.3 is 4.74 Å². The lowest BCUT2D eigenvalue weighted by Gasteiger charge is -2.19. The molecule has 0 aromatic heterocycles. The van der Waals surface area contributed by atoms with Gasteiger partial charge in [0.15, 0.2) is 11.6 Å². The van der Waals surface area contributed by atoms with Gasteiger partial charge in [-0.1, -0.05) is 30.3 Å². The van der Waals surface area contributed by atoms with Crippen LogP contribution in [0.15, 0.2) is 48.5 Å². The Balaban J connectivity index is 2.21. The number of halogens is 3. The molecular formula is C15H13ClF2O. The van der Waals surface area contributed by atoms with E-state index in [1.165, 1.54) is 12.1 Å². The van der Waals surface area contributed by atoms with Crippen LogP contribution in [0.3, 0.4) is 0 Å². The highest BCUT2D eigenvalue weighted by Crippen LogP contribution is 2.27. The van der Waals surface area contributed by atoms with Crippen molar-refractivity contribution in [3.05, 3.63) is 65.7 Å². The van der Waals surface area contributed by atoms with Gasteiger partial charge in [-0.3, -0.25) is 0 Å². The molecule has 19 heavy (non-hydrogen) atoms. The summed E-state index contributed by atoms with van der Waals surface area (Å²) in [7, 11) is 0. The van der Waals surface area contributed by atoms with Crippen molar-refractivity contribution in [2.75, 3.05) is 5.88 Å². The number of hydrogen-bond donors (Lipinski definition) is 0. The maximum atomic E-state index is 13.6. The van der Waals surface area contributed by atoms with Crippen LogP contribution < -0.4 is 4.74 Å². The number of benzene rings is 2. The molecule has 0 aliphatic carbocycles. The molecule has 0 aliphatic rings. The fourth-order valence-electron chi connectivity index (χ4n) is 1.78. The number of rotatable bonds is 5. The van der Waals surface area contributed by atoms with Crippen LogP contribution in [0.4, 0.5) is 8.78 Å². The van der Waals surface area contributed by atoms with E-state index in [1.807, 2.05) is 30.3 Å². The number of alkyl halides is 1. The summed E-state index contributed by atoms with van der Waals surface area (Å²) in [5.41, 5.74) is 0.909. The first-order valence-corrected chi connectivity index (χ1v) is 6.47. The van der Waals surface area contributed by atoms with Gasteiger partial charge in [-0.2, -0.15) is 0 Å². The minimum absolute atomic E-state index is 0.0281. The fourth-order valence-corrected chi connectivity index (χ4v) is 1.98. The highest BCUT2D eigenvalue weighted by atomic mass is 35.5. The van der Waals surface area contributed by atoms with Crippen LogP contribution >= 0.6 is 11.6 Å². The molecule has 1 atom stereocenters. The third-order valence-electron chi connectivity index (χ3n) is 2.71. The van der Waals surface area contributed by atoms with E-state index in [9.17, 15) is 8.78 Å². The van der Waals surface area contributed by atoms with Crippen molar-refractivity contribution < 1.29 is 13.5 Å². The Hall–Kier alpha value is -1.61. The van der Waals surface area contributed by atoms with Crippen molar-refractivity contribution in [2.45, 2.75) is 12.5 Å². The topological polar surface area (TPSA) is 9.23 Å². The van der Waals surface area contributed by atoms with Crippen molar-refractivity contribution in [3.63, 3.8) is 0 Å². The molecule has 0 unspecified atom stereocenters. The molecule has 2 aromatic rings. The van der Waals surface area contributed by atoms with Gasteiger partial charge in [0.1, 0.15) is 11.9 Å². The van der Waals surface area contributed by atoms with E-state index < -0.39 is 11.6 Å². The highest BCUT2D eigenvalue weighted by Gasteiger charge is 2.15. The maximum Gasteiger partial charge on any atom is 0.168 e. The predicted molar refractivity (Wildman–Crippen MR) is 71.5 cm³/mol. The van der Waals surface area contributed by atoms with E-state index in [0.29, 0.717) is 12.3 Å².